The molecule has 0 bridgehead atoms. The molecule has 1 aromatic rings. The molecule has 2 N–H and O–H groups in total. The number of likely N-dealkylation sites (N-methyl/N-ethyl adjacent to an activating group) is 1. The number of nitrogens with two attached hydrogens (primary N) is 1. The second kappa shape index (κ2) is 6.21. The smallest absolute Gasteiger partial charge is 0.119 e. The molecule has 0 fully saturated rings. The fraction of sp³-hybridized carbons (Fsp3) is 0.600. The molecule has 18 heavy (non-hydrogen) atoms. The third-order valence-corrected chi connectivity index (χ3v) is 2.43. The van der Waals surface area contributed by atoms with Crippen molar-refractivity contribution in [3.05, 3.63) is 29.8 Å². The van der Waals surface area contributed by atoms with E-state index in [2.05, 4.69) is 24.1 Å². The first-order valence-electron chi connectivity index (χ1n) is 6.49. The van der Waals surface area contributed by atoms with E-state index in [9.17, 15) is 0 Å². The Morgan fingerprint density at radius 3 is 2.22 bits per heavy atom. The van der Waals surface area contributed by atoms with Crippen LogP contribution in [0.3, 0.4) is 0 Å². The molecule has 0 saturated carbocycles. The van der Waals surface area contributed by atoms with Crippen LogP contribution in [-0.4, -0.2) is 30.1 Å². The highest BCUT2D eigenvalue weighted by Gasteiger charge is 2.13. The van der Waals surface area contributed by atoms with E-state index in [4.69, 9.17) is 10.5 Å². The van der Waals surface area contributed by atoms with Crippen LogP contribution in [0.2, 0.25) is 0 Å². The van der Waals surface area contributed by atoms with Gasteiger partial charge in [-0.1, -0.05) is 12.1 Å². The van der Waals surface area contributed by atoms with Gasteiger partial charge in [-0.2, -0.15) is 0 Å². The summed E-state index contributed by atoms with van der Waals surface area (Å²) in [4.78, 5) is 2.23. The number of hydrogen-bond donors (Lipinski definition) is 1. The van der Waals surface area contributed by atoms with E-state index in [-0.39, 0.29) is 11.6 Å². The van der Waals surface area contributed by atoms with Crippen LogP contribution in [0.15, 0.2) is 24.3 Å². The quantitative estimate of drug-likeness (QED) is 0.843. The predicted molar refractivity (Wildman–Crippen MR) is 76.8 cm³/mol. The lowest BCUT2D eigenvalue weighted by molar-refractivity contribution is 0.241. The zero-order valence-corrected chi connectivity index (χ0v) is 12.2. The molecule has 0 atom stereocenters. The molecule has 0 heterocycles. The summed E-state index contributed by atoms with van der Waals surface area (Å²) in [5, 5.41) is 0. The van der Waals surface area contributed by atoms with Gasteiger partial charge in [0, 0.05) is 18.6 Å². The number of hydrogen-bond acceptors (Lipinski definition) is 3. The first kappa shape index (κ1) is 15.0. The summed E-state index contributed by atoms with van der Waals surface area (Å²) in [7, 11) is 2.09. The molecule has 3 nitrogen and oxygen atoms in total. The molecule has 0 unspecified atom stereocenters. The standard InChI is InChI=1S/C15H26N2O/c1-12(2)18-14-8-6-13(7-9-14)10-17(5)11-15(3,4)16/h6-9,12H,10-11,16H2,1-5H3. The van der Waals surface area contributed by atoms with Crippen molar-refractivity contribution >= 4 is 0 Å². The van der Waals surface area contributed by atoms with Crippen molar-refractivity contribution in [1.29, 1.82) is 0 Å². The largest absolute Gasteiger partial charge is 0.491 e. The molecule has 0 amide bonds. The lowest BCUT2D eigenvalue weighted by atomic mass is 10.1. The number of rotatable bonds is 6. The normalized spacial score (nSPS) is 12.2. The molecule has 102 valence electrons. The minimum Gasteiger partial charge on any atom is -0.491 e. The van der Waals surface area contributed by atoms with Crippen molar-refractivity contribution in [3.8, 4) is 5.75 Å². The lowest BCUT2D eigenvalue weighted by Gasteiger charge is -2.26. The van der Waals surface area contributed by atoms with Crippen LogP contribution < -0.4 is 10.5 Å². The Labute approximate surface area is 111 Å². The third-order valence-electron chi connectivity index (χ3n) is 2.43. The highest BCUT2D eigenvalue weighted by molar-refractivity contribution is 5.27. The molecule has 1 aromatic carbocycles. The fourth-order valence-corrected chi connectivity index (χ4v) is 2.01. The Morgan fingerprint density at radius 1 is 1.22 bits per heavy atom. The maximum Gasteiger partial charge on any atom is 0.119 e. The van der Waals surface area contributed by atoms with E-state index in [1.165, 1.54) is 5.56 Å². The highest BCUT2D eigenvalue weighted by atomic mass is 16.5. The van der Waals surface area contributed by atoms with Crippen molar-refractivity contribution in [2.24, 2.45) is 5.73 Å². The zero-order valence-electron chi connectivity index (χ0n) is 12.2. The van der Waals surface area contributed by atoms with Gasteiger partial charge in [0.1, 0.15) is 5.75 Å². The van der Waals surface area contributed by atoms with Crippen molar-refractivity contribution in [2.75, 3.05) is 13.6 Å². The lowest BCUT2D eigenvalue weighted by Crippen LogP contribution is -2.43. The monoisotopic (exact) mass is 250 g/mol. The summed E-state index contributed by atoms with van der Waals surface area (Å²) in [5.74, 6) is 0.926. The Kier molecular flexibility index (Phi) is 5.17. The topological polar surface area (TPSA) is 38.5 Å². The van der Waals surface area contributed by atoms with Crippen LogP contribution in [0, 0.1) is 0 Å². The maximum absolute atomic E-state index is 6.01. The molecule has 0 spiro atoms. The van der Waals surface area contributed by atoms with Gasteiger partial charge in [0.25, 0.3) is 0 Å². The van der Waals surface area contributed by atoms with Gasteiger partial charge in [0.15, 0.2) is 0 Å². The van der Waals surface area contributed by atoms with Gasteiger partial charge in [0.2, 0.25) is 0 Å². The van der Waals surface area contributed by atoms with E-state index in [0.29, 0.717) is 0 Å². The molecular weight excluding hydrogens is 224 g/mol. The number of nitrogens with zero attached hydrogens (tertiary/aromatic N) is 1. The Balaban J connectivity index is 2.53. The van der Waals surface area contributed by atoms with E-state index in [1.807, 2.05) is 39.8 Å². The second-order valence-corrected chi connectivity index (χ2v) is 5.97. The van der Waals surface area contributed by atoms with E-state index < -0.39 is 0 Å². The van der Waals surface area contributed by atoms with Crippen LogP contribution in [-0.2, 0) is 6.54 Å². The minimum absolute atomic E-state index is 0.157. The molecule has 1 rings (SSSR count). The Hall–Kier alpha value is -1.06. The second-order valence-electron chi connectivity index (χ2n) is 5.97. The van der Waals surface area contributed by atoms with E-state index in [0.717, 1.165) is 18.8 Å². The fourth-order valence-electron chi connectivity index (χ4n) is 2.01. The van der Waals surface area contributed by atoms with Gasteiger partial charge in [-0.05, 0) is 52.4 Å². The van der Waals surface area contributed by atoms with Crippen LogP contribution in [0.1, 0.15) is 33.3 Å². The van der Waals surface area contributed by atoms with Gasteiger partial charge in [-0.25, -0.2) is 0 Å². The first-order valence-corrected chi connectivity index (χ1v) is 6.49. The minimum atomic E-state index is -0.157. The molecule has 0 aliphatic heterocycles. The molecule has 0 aliphatic carbocycles. The van der Waals surface area contributed by atoms with Crippen molar-refractivity contribution in [3.63, 3.8) is 0 Å². The Bertz CT molecular complexity index is 352. The van der Waals surface area contributed by atoms with Gasteiger partial charge >= 0.3 is 0 Å². The molecule has 3 heteroatoms. The highest BCUT2D eigenvalue weighted by Crippen LogP contribution is 2.15. The predicted octanol–water partition coefficient (Wildman–Crippen LogP) is 2.64. The first-order chi connectivity index (χ1) is 8.26. The molecule has 0 aromatic heterocycles. The van der Waals surface area contributed by atoms with Crippen LogP contribution in [0.25, 0.3) is 0 Å². The summed E-state index contributed by atoms with van der Waals surface area (Å²) in [6, 6.07) is 8.27. The summed E-state index contributed by atoms with van der Waals surface area (Å²) in [6.45, 7) is 9.93. The Morgan fingerprint density at radius 2 is 1.78 bits per heavy atom. The van der Waals surface area contributed by atoms with Gasteiger partial charge < -0.3 is 15.4 Å². The van der Waals surface area contributed by atoms with Gasteiger partial charge in [-0.3, -0.25) is 0 Å². The van der Waals surface area contributed by atoms with Crippen molar-refractivity contribution in [2.45, 2.75) is 45.9 Å². The summed E-state index contributed by atoms with van der Waals surface area (Å²) in [6.07, 6.45) is 0.219. The third kappa shape index (κ3) is 6.03. The van der Waals surface area contributed by atoms with E-state index >= 15 is 0 Å². The molecule has 0 radical (unpaired) electrons. The van der Waals surface area contributed by atoms with Crippen LogP contribution in [0.5, 0.6) is 5.75 Å². The summed E-state index contributed by atoms with van der Waals surface area (Å²) in [5.41, 5.74) is 7.13. The van der Waals surface area contributed by atoms with Crippen molar-refractivity contribution < 1.29 is 4.74 Å². The molecular formula is C15H26N2O. The number of ether oxygens (including phenoxy) is 1. The number of benzene rings is 1. The molecule has 0 saturated heterocycles. The van der Waals surface area contributed by atoms with Gasteiger partial charge in [-0.15, -0.1) is 0 Å². The van der Waals surface area contributed by atoms with E-state index in [1.54, 1.807) is 0 Å². The SMILES string of the molecule is CC(C)Oc1ccc(CN(C)CC(C)(C)N)cc1. The molecule has 0 aliphatic rings. The maximum atomic E-state index is 6.01. The van der Waals surface area contributed by atoms with Crippen LogP contribution >= 0.6 is 0 Å². The zero-order chi connectivity index (χ0) is 13.8. The average Bonchev–Trinajstić information content (AvgIpc) is 2.17. The summed E-state index contributed by atoms with van der Waals surface area (Å²) < 4.78 is 5.62. The summed E-state index contributed by atoms with van der Waals surface area (Å²) >= 11 is 0. The van der Waals surface area contributed by atoms with Gasteiger partial charge in [0.05, 0.1) is 6.10 Å². The average molecular weight is 250 g/mol. The van der Waals surface area contributed by atoms with Crippen molar-refractivity contribution in [1.82, 2.24) is 4.90 Å². The van der Waals surface area contributed by atoms with Crippen LogP contribution in [0.4, 0.5) is 0 Å².